The Morgan fingerprint density at radius 2 is 1.84 bits per heavy atom. The summed E-state index contributed by atoms with van der Waals surface area (Å²) in [4.78, 5) is 42.8. The van der Waals surface area contributed by atoms with Crippen LogP contribution >= 0.6 is 23.5 Å². The summed E-state index contributed by atoms with van der Waals surface area (Å²) in [7, 11) is 0. The Labute approximate surface area is 220 Å². The van der Waals surface area contributed by atoms with Crippen LogP contribution in [0.15, 0.2) is 75.8 Å². The summed E-state index contributed by atoms with van der Waals surface area (Å²) < 4.78 is 6.82. The molecule has 37 heavy (non-hydrogen) atoms. The molecule has 0 atom stereocenters. The average Bonchev–Trinajstić information content (AvgIpc) is 3.29. The van der Waals surface area contributed by atoms with E-state index in [0.717, 1.165) is 5.69 Å². The SMILES string of the molecule is CCOC(=O)c1ccc(NC(=O)CSc2nnc(CSc3nc(N)cc(=O)[nH]3)n2-c2ccccc2)cc1. The topological polar surface area (TPSA) is 158 Å². The fraction of sp³-hybridized carbons (Fsp3) is 0.167. The molecule has 0 aliphatic carbocycles. The average molecular weight is 538 g/mol. The molecule has 0 aliphatic rings. The van der Waals surface area contributed by atoms with E-state index in [-0.39, 0.29) is 23.0 Å². The van der Waals surface area contributed by atoms with Crippen LogP contribution in [0.3, 0.4) is 0 Å². The molecule has 1 amide bonds. The minimum absolute atomic E-state index is 0.0852. The number of thioether (sulfide) groups is 2. The van der Waals surface area contributed by atoms with Crippen LogP contribution in [-0.4, -0.2) is 49.0 Å². The Balaban J connectivity index is 1.44. The molecule has 0 unspecified atom stereocenters. The van der Waals surface area contributed by atoms with Crippen LogP contribution < -0.4 is 16.6 Å². The van der Waals surface area contributed by atoms with Gasteiger partial charge in [-0.25, -0.2) is 9.78 Å². The Bertz CT molecular complexity index is 1440. The summed E-state index contributed by atoms with van der Waals surface area (Å²) >= 11 is 2.50. The number of nitrogens with two attached hydrogens (primary N) is 1. The number of benzene rings is 2. The number of ether oxygens (including phenoxy) is 1. The number of para-hydroxylation sites is 1. The number of anilines is 2. The second-order valence-electron chi connectivity index (χ2n) is 7.47. The van der Waals surface area contributed by atoms with Crippen LogP contribution in [0.4, 0.5) is 11.5 Å². The summed E-state index contributed by atoms with van der Waals surface area (Å²) in [5, 5.41) is 12.3. The minimum atomic E-state index is -0.414. The van der Waals surface area contributed by atoms with Crippen molar-refractivity contribution in [2.45, 2.75) is 23.0 Å². The number of aromatic nitrogens is 5. The summed E-state index contributed by atoms with van der Waals surface area (Å²) in [6.07, 6.45) is 0. The van der Waals surface area contributed by atoms with Crippen molar-refractivity contribution < 1.29 is 14.3 Å². The van der Waals surface area contributed by atoms with E-state index in [1.807, 2.05) is 34.9 Å². The minimum Gasteiger partial charge on any atom is -0.462 e. The van der Waals surface area contributed by atoms with E-state index in [9.17, 15) is 14.4 Å². The maximum absolute atomic E-state index is 12.6. The zero-order valence-electron chi connectivity index (χ0n) is 19.7. The fourth-order valence-electron chi connectivity index (χ4n) is 3.21. The second-order valence-corrected chi connectivity index (χ2v) is 9.38. The van der Waals surface area contributed by atoms with Crippen molar-refractivity contribution in [3.8, 4) is 5.69 Å². The monoisotopic (exact) mass is 537 g/mol. The number of hydrogen-bond donors (Lipinski definition) is 3. The molecular formula is C24H23N7O4S2. The van der Waals surface area contributed by atoms with Crippen LogP contribution in [0.1, 0.15) is 23.1 Å². The number of esters is 1. The lowest BCUT2D eigenvalue weighted by molar-refractivity contribution is -0.113. The molecule has 0 bridgehead atoms. The van der Waals surface area contributed by atoms with Gasteiger partial charge in [-0.05, 0) is 43.3 Å². The third-order valence-electron chi connectivity index (χ3n) is 4.80. The molecule has 0 radical (unpaired) electrons. The number of nitrogens with one attached hydrogen (secondary N) is 2. The lowest BCUT2D eigenvalue weighted by Crippen LogP contribution is -2.15. The highest BCUT2D eigenvalue weighted by Gasteiger charge is 2.17. The Kier molecular flexibility index (Phi) is 8.59. The van der Waals surface area contributed by atoms with Crippen LogP contribution in [0, 0.1) is 0 Å². The first-order valence-corrected chi connectivity index (χ1v) is 13.1. The first-order valence-electron chi connectivity index (χ1n) is 11.1. The lowest BCUT2D eigenvalue weighted by atomic mass is 10.2. The molecule has 4 aromatic rings. The van der Waals surface area contributed by atoms with Crippen molar-refractivity contribution in [1.29, 1.82) is 0 Å². The first kappa shape index (κ1) is 26.0. The predicted molar refractivity (Wildman–Crippen MR) is 142 cm³/mol. The number of nitrogens with zero attached hydrogens (tertiary/aromatic N) is 4. The molecule has 4 rings (SSSR count). The van der Waals surface area contributed by atoms with E-state index < -0.39 is 5.97 Å². The highest BCUT2D eigenvalue weighted by Crippen LogP contribution is 2.26. The van der Waals surface area contributed by atoms with Crippen molar-refractivity contribution in [1.82, 2.24) is 24.7 Å². The third-order valence-corrected chi connectivity index (χ3v) is 6.60. The van der Waals surface area contributed by atoms with Crippen LogP contribution in [-0.2, 0) is 15.3 Å². The molecule has 0 fully saturated rings. The van der Waals surface area contributed by atoms with Crippen molar-refractivity contribution in [3.05, 3.63) is 82.4 Å². The van der Waals surface area contributed by atoms with Crippen LogP contribution in [0.25, 0.3) is 5.69 Å². The highest BCUT2D eigenvalue weighted by atomic mass is 32.2. The third kappa shape index (κ3) is 6.98. The Morgan fingerprint density at radius 3 is 2.54 bits per heavy atom. The van der Waals surface area contributed by atoms with Crippen LogP contribution in [0.5, 0.6) is 0 Å². The molecule has 2 aromatic carbocycles. The molecule has 2 heterocycles. The van der Waals surface area contributed by atoms with E-state index in [2.05, 4.69) is 25.5 Å². The number of H-pyrrole nitrogens is 1. The summed E-state index contributed by atoms with van der Waals surface area (Å²) in [6, 6.07) is 17.2. The van der Waals surface area contributed by atoms with E-state index >= 15 is 0 Å². The maximum atomic E-state index is 12.6. The van der Waals surface area contributed by atoms with Crippen molar-refractivity contribution in [2.75, 3.05) is 23.4 Å². The molecule has 11 nitrogen and oxygen atoms in total. The van der Waals surface area contributed by atoms with Gasteiger partial charge < -0.3 is 20.8 Å². The van der Waals surface area contributed by atoms with Gasteiger partial charge >= 0.3 is 5.97 Å². The van der Waals surface area contributed by atoms with Crippen molar-refractivity contribution in [2.24, 2.45) is 0 Å². The van der Waals surface area contributed by atoms with Gasteiger partial charge in [-0.3, -0.25) is 14.2 Å². The summed E-state index contributed by atoms with van der Waals surface area (Å²) in [5.41, 5.74) is 7.13. The molecule has 190 valence electrons. The quantitative estimate of drug-likeness (QED) is 0.156. The normalized spacial score (nSPS) is 10.7. The standard InChI is InChI=1S/C24H23N7O4S2/c1-2-35-22(34)15-8-10-16(11-9-15)26-21(33)14-37-24-30-29-19(31(24)17-6-4-3-5-7-17)13-36-23-27-18(25)12-20(32)28-23/h3-12H,2,13-14H2,1H3,(H,26,33)(H3,25,27,28,32). The number of amides is 1. The molecule has 0 aliphatic heterocycles. The highest BCUT2D eigenvalue weighted by molar-refractivity contribution is 7.99. The van der Waals surface area contributed by atoms with E-state index in [0.29, 0.717) is 39.7 Å². The van der Waals surface area contributed by atoms with Gasteiger partial charge in [0.05, 0.1) is 23.7 Å². The molecular weight excluding hydrogens is 514 g/mol. The van der Waals surface area contributed by atoms with Gasteiger partial charge in [-0.2, -0.15) is 0 Å². The number of nitrogen functional groups attached to an aromatic ring is 1. The molecule has 0 saturated carbocycles. The van der Waals surface area contributed by atoms with E-state index in [1.54, 1.807) is 31.2 Å². The number of carbonyl (C=O) groups is 2. The molecule has 2 aromatic heterocycles. The summed E-state index contributed by atoms with van der Waals surface area (Å²) in [6.45, 7) is 2.03. The number of hydrogen-bond acceptors (Lipinski definition) is 10. The predicted octanol–water partition coefficient (Wildman–Crippen LogP) is 3.13. The van der Waals surface area contributed by atoms with Crippen LogP contribution in [0.2, 0.25) is 0 Å². The summed E-state index contributed by atoms with van der Waals surface area (Å²) in [5.74, 6) is 0.527. The van der Waals surface area contributed by atoms with Gasteiger partial charge in [0.15, 0.2) is 10.3 Å². The van der Waals surface area contributed by atoms with Crippen molar-refractivity contribution in [3.63, 3.8) is 0 Å². The molecule has 13 heteroatoms. The fourth-order valence-corrected chi connectivity index (χ4v) is 4.78. The number of carbonyl (C=O) groups excluding carboxylic acids is 2. The lowest BCUT2D eigenvalue weighted by Gasteiger charge is -2.10. The van der Waals surface area contributed by atoms with Gasteiger partial charge in [0.1, 0.15) is 11.6 Å². The Morgan fingerprint density at radius 1 is 1.08 bits per heavy atom. The second kappa shape index (κ2) is 12.2. The number of rotatable bonds is 10. The first-order chi connectivity index (χ1) is 17.9. The Hall–Kier alpha value is -4.10. The largest absolute Gasteiger partial charge is 0.462 e. The van der Waals surface area contributed by atoms with Gasteiger partial charge in [0.25, 0.3) is 5.56 Å². The zero-order chi connectivity index (χ0) is 26.2. The molecule has 4 N–H and O–H groups in total. The zero-order valence-corrected chi connectivity index (χ0v) is 21.3. The van der Waals surface area contributed by atoms with Gasteiger partial charge in [0.2, 0.25) is 5.91 Å². The van der Waals surface area contributed by atoms with Gasteiger partial charge in [-0.15, -0.1) is 10.2 Å². The maximum Gasteiger partial charge on any atom is 0.338 e. The van der Waals surface area contributed by atoms with E-state index in [4.69, 9.17) is 10.5 Å². The molecule has 0 spiro atoms. The van der Waals surface area contributed by atoms with Gasteiger partial charge in [0, 0.05) is 17.4 Å². The van der Waals surface area contributed by atoms with Gasteiger partial charge in [-0.1, -0.05) is 41.7 Å². The molecule has 0 saturated heterocycles. The smallest absolute Gasteiger partial charge is 0.338 e. The number of aromatic amines is 1. The van der Waals surface area contributed by atoms with Crippen molar-refractivity contribution >= 4 is 46.9 Å². The van der Waals surface area contributed by atoms with E-state index in [1.165, 1.54) is 29.6 Å².